The Morgan fingerprint density at radius 1 is 1.33 bits per heavy atom. The number of nitrogens with zero attached hydrogens (tertiary/aromatic N) is 2. The molecular formula is C15H25N3. The molecule has 3 nitrogen and oxygen atoms in total. The van der Waals surface area contributed by atoms with Crippen LogP contribution in [-0.4, -0.2) is 28.5 Å². The van der Waals surface area contributed by atoms with Crippen molar-refractivity contribution in [2.45, 2.75) is 58.7 Å². The third kappa shape index (κ3) is 3.22. The highest BCUT2D eigenvalue weighted by Gasteiger charge is 2.24. The number of hydrogen-bond donors (Lipinski definition) is 1. The van der Waals surface area contributed by atoms with E-state index in [0.29, 0.717) is 12.1 Å². The first-order valence-electron chi connectivity index (χ1n) is 7.15. The zero-order valence-electron chi connectivity index (χ0n) is 11.8. The fourth-order valence-electron chi connectivity index (χ4n) is 2.85. The number of hydrogen-bond acceptors (Lipinski definition) is 3. The van der Waals surface area contributed by atoms with Crippen molar-refractivity contribution in [3.05, 3.63) is 23.9 Å². The summed E-state index contributed by atoms with van der Waals surface area (Å²) in [6.45, 7) is 8.77. The minimum atomic E-state index is 0.699. The van der Waals surface area contributed by atoms with E-state index < -0.39 is 0 Å². The largest absolute Gasteiger partial charge is 0.370 e. The third-order valence-corrected chi connectivity index (χ3v) is 3.92. The molecule has 2 atom stereocenters. The molecule has 0 unspecified atom stereocenters. The number of rotatable bonds is 4. The van der Waals surface area contributed by atoms with Crippen LogP contribution in [0, 0.1) is 0 Å². The highest BCUT2D eigenvalue weighted by Crippen LogP contribution is 2.24. The lowest BCUT2D eigenvalue weighted by molar-refractivity contribution is 0.0953. The first-order chi connectivity index (χ1) is 8.70. The van der Waals surface area contributed by atoms with E-state index in [0.717, 1.165) is 18.9 Å². The number of pyridine rings is 1. The molecule has 0 radical (unpaired) electrons. The summed E-state index contributed by atoms with van der Waals surface area (Å²) in [4.78, 5) is 6.95. The minimum absolute atomic E-state index is 0.699. The van der Waals surface area contributed by atoms with E-state index in [1.807, 2.05) is 6.20 Å². The van der Waals surface area contributed by atoms with Crippen molar-refractivity contribution < 1.29 is 0 Å². The van der Waals surface area contributed by atoms with E-state index >= 15 is 0 Å². The highest BCUT2D eigenvalue weighted by molar-refractivity contribution is 5.37. The summed E-state index contributed by atoms with van der Waals surface area (Å²) in [5.41, 5.74) is 1.36. The maximum Gasteiger partial charge on any atom is 0.126 e. The third-order valence-electron chi connectivity index (χ3n) is 3.92. The molecule has 2 heterocycles. The SMILES string of the molecule is CCNc1cc(CN2[C@H](C)CCC[C@@H]2C)ccn1. The van der Waals surface area contributed by atoms with Crippen LogP contribution in [0.25, 0.3) is 0 Å². The zero-order valence-corrected chi connectivity index (χ0v) is 11.8. The monoisotopic (exact) mass is 247 g/mol. The van der Waals surface area contributed by atoms with E-state index in [1.54, 1.807) is 0 Å². The first-order valence-corrected chi connectivity index (χ1v) is 7.15. The van der Waals surface area contributed by atoms with Crippen molar-refractivity contribution in [2.75, 3.05) is 11.9 Å². The predicted molar refractivity (Wildman–Crippen MR) is 76.7 cm³/mol. The second-order valence-electron chi connectivity index (χ2n) is 5.38. The summed E-state index contributed by atoms with van der Waals surface area (Å²) in [7, 11) is 0. The first kappa shape index (κ1) is 13.3. The lowest BCUT2D eigenvalue weighted by atomic mass is 9.97. The predicted octanol–water partition coefficient (Wildman–Crippen LogP) is 3.28. The Morgan fingerprint density at radius 2 is 2.06 bits per heavy atom. The van der Waals surface area contributed by atoms with Gasteiger partial charge in [0.15, 0.2) is 0 Å². The summed E-state index contributed by atoms with van der Waals surface area (Å²) in [6.07, 6.45) is 5.94. The van der Waals surface area contributed by atoms with Gasteiger partial charge in [-0.2, -0.15) is 0 Å². The van der Waals surface area contributed by atoms with Gasteiger partial charge in [-0.1, -0.05) is 6.42 Å². The topological polar surface area (TPSA) is 28.2 Å². The van der Waals surface area contributed by atoms with Crippen molar-refractivity contribution in [1.29, 1.82) is 0 Å². The van der Waals surface area contributed by atoms with Gasteiger partial charge in [0.05, 0.1) is 0 Å². The molecule has 0 bridgehead atoms. The molecule has 1 aliphatic heterocycles. The van der Waals surface area contributed by atoms with Gasteiger partial charge >= 0.3 is 0 Å². The van der Waals surface area contributed by atoms with Crippen LogP contribution < -0.4 is 5.32 Å². The Kier molecular flexibility index (Phi) is 4.59. The zero-order chi connectivity index (χ0) is 13.0. The summed E-state index contributed by atoms with van der Waals surface area (Å²) in [6, 6.07) is 5.71. The molecule has 1 aromatic rings. The van der Waals surface area contributed by atoms with E-state index in [1.165, 1.54) is 24.8 Å². The van der Waals surface area contributed by atoms with Crippen molar-refractivity contribution in [3.8, 4) is 0 Å². The molecule has 1 fully saturated rings. The molecule has 0 aliphatic carbocycles. The molecule has 100 valence electrons. The van der Waals surface area contributed by atoms with Crippen LogP contribution in [-0.2, 0) is 6.54 Å². The fourth-order valence-corrected chi connectivity index (χ4v) is 2.85. The van der Waals surface area contributed by atoms with Crippen LogP contribution in [0.1, 0.15) is 45.6 Å². The van der Waals surface area contributed by atoms with Crippen LogP contribution in [0.3, 0.4) is 0 Å². The molecule has 1 N–H and O–H groups in total. The molecule has 0 amide bonds. The summed E-state index contributed by atoms with van der Waals surface area (Å²) in [5, 5.41) is 3.28. The van der Waals surface area contributed by atoms with Crippen LogP contribution >= 0.6 is 0 Å². The highest BCUT2D eigenvalue weighted by atomic mass is 15.2. The molecule has 0 saturated carbocycles. The Balaban J connectivity index is 2.05. The fraction of sp³-hybridized carbons (Fsp3) is 0.667. The van der Waals surface area contributed by atoms with Crippen molar-refractivity contribution in [3.63, 3.8) is 0 Å². The van der Waals surface area contributed by atoms with Gasteiger partial charge in [0.25, 0.3) is 0 Å². The molecule has 3 heteroatoms. The van der Waals surface area contributed by atoms with Crippen LogP contribution in [0.15, 0.2) is 18.3 Å². The van der Waals surface area contributed by atoms with Gasteiger partial charge in [-0.3, -0.25) is 4.90 Å². The molecule has 18 heavy (non-hydrogen) atoms. The quantitative estimate of drug-likeness (QED) is 0.885. The number of nitrogens with one attached hydrogen (secondary N) is 1. The van der Waals surface area contributed by atoms with Gasteiger partial charge < -0.3 is 5.32 Å². The second kappa shape index (κ2) is 6.19. The Morgan fingerprint density at radius 3 is 2.72 bits per heavy atom. The van der Waals surface area contributed by atoms with Gasteiger partial charge in [0.2, 0.25) is 0 Å². The van der Waals surface area contributed by atoms with Gasteiger partial charge in [-0.25, -0.2) is 4.98 Å². The Labute approximate surface area is 111 Å². The van der Waals surface area contributed by atoms with E-state index in [4.69, 9.17) is 0 Å². The van der Waals surface area contributed by atoms with Crippen molar-refractivity contribution in [1.82, 2.24) is 9.88 Å². The number of likely N-dealkylation sites (tertiary alicyclic amines) is 1. The van der Waals surface area contributed by atoms with E-state index in [9.17, 15) is 0 Å². The number of aromatic nitrogens is 1. The van der Waals surface area contributed by atoms with Gasteiger partial charge in [-0.05, 0) is 51.3 Å². The summed E-state index contributed by atoms with van der Waals surface area (Å²) >= 11 is 0. The van der Waals surface area contributed by atoms with Gasteiger partial charge in [0, 0.05) is 31.4 Å². The average molecular weight is 247 g/mol. The molecular weight excluding hydrogens is 222 g/mol. The maximum atomic E-state index is 4.33. The lowest BCUT2D eigenvalue weighted by Gasteiger charge is -2.39. The van der Waals surface area contributed by atoms with E-state index in [-0.39, 0.29) is 0 Å². The molecule has 0 spiro atoms. The smallest absolute Gasteiger partial charge is 0.126 e. The molecule has 0 aromatic carbocycles. The summed E-state index contributed by atoms with van der Waals surface area (Å²) < 4.78 is 0. The molecule has 1 aliphatic rings. The maximum absolute atomic E-state index is 4.33. The number of anilines is 1. The Hall–Kier alpha value is -1.09. The van der Waals surface area contributed by atoms with Crippen LogP contribution in [0.2, 0.25) is 0 Å². The normalized spacial score (nSPS) is 25.1. The minimum Gasteiger partial charge on any atom is -0.370 e. The van der Waals surface area contributed by atoms with Crippen LogP contribution in [0.4, 0.5) is 5.82 Å². The summed E-state index contributed by atoms with van der Waals surface area (Å²) in [5.74, 6) is 0.993. The standard InChI is InChI=1S/C15H25N3/c1-4-16-15-10-14(8-9-17-15)11-18-12(2)6-5-7-13(18)3/h8-10,12-13H,4-7,11H2,1-3H3,(H,16,17)/t12-,13+. The van der Waals surface area contributed by atoms with Crippen LogP contribution in [0.5, 0.6) is 0 Å². The van der Waals surface area contributed by atoms with E-state index in [2.05, 4.69) is 48.1 Å². The molecule has 2 rings (SSSR count). The molecule has 1 aromatic heterocycles. The van der Waals surface area contributed by atoms with Gasteiger partial charge in [0.1, 0.15) is 5.82 Å². The second-order valence-corrected chi connectivity index (χ2v) is 5.38. The Bertz CT molecular complexity index is 368. The van der Waals surface area contributed by atoms with Crippen molar-refractivity contribution >= 4 is 5.82 Å². The van der Waals surface area contributed by atoms with Gasteiger partial charge in [-0.15, -0.1) is 0 Å². The average Bonchev–Trinajstić information content (AvgIpc) is 2.35. The molecule has 1 saturated heterocycles. The van der Waals surface area contributed by atoms with Crippen molar-refractivity contribution in [2.24, 2.45) is 0 Å². The number of piperidine rings is 1. The lowest BCUT2D eigenvalue weighted by Crippen LogP contribution is -2.42.